The predicted octanol–water partition coefficient (Wildman–Crippen LogP) is 3.65. The fourth-order valence-corrected chi connectivity index (χ4v) is 3.30. The van der Waals surface area contributed by atoms with Gasteiger partial charge in [-0.05, 0) is 36.8 Å². The topological polar surface area (TPSA) is 69.6 Å². The number of phenolic OH excluding ortho intramolecular Hbond substituents is 1. The third kappa shape index (κ3) is 5.09. The number of phenols is 1. The molecule has 1 fully saturated rings. The van der Waals surface area contributed by atoms with Crippen molar-refractivity contribution in [3.05, 3.63) is 63.1 Å². The van der Waals surface area contributed by atoms with Crippen LogP contribution < -0.4 is 5.32 Å². The van der Waals surface area contributed by atoms with Crippen LogP contribution in [-0.2, 0) is 11.3 Å². The zero-order chi connectivity index (χ0) is 18.8. The first kappa shape index (κ1) is 21.4. The van der Waals surface area contributed by atoms with Crippen LogP contribution in [0.4, 0.5) is 0 Å². The molecule has 2 N–H and O–H groups in total. The summed E-state index contributed by atoms with van der Waals surface area (Å²) in [5.74, 6) is -0.514. The number of benzene rings is 2. The van der Waals surface area contributed by atoms with Crippen LogP contribution in [0.3, 0.4) is 0 Å². The molecule has 1 saturated heterocycles. The van der Waals surface area contributed by atoms with Crippen LogP contribution in [-0.4, -0.2) is 34.4 Å². The van der Waals surface area contributed by atoms with Gasteiger partial charge in [0, 0.05) is 19.5 Å². The maximum atomic E-state index is 12.4. The van der Waals surface area contributed by atoms with Crippen molar-refractivity contribution >= 4 is 48.5 Å². The highest BCUT2D eigenvalue weighted by Gasteiger charge is 2.31. The largest absolute Gasteiger partial charge is 0.507 e. The molecule has 1 heterocycles. The molecule has 0 radical (unpaired) electrons. The number of halogens is 2. The van der Waals surface area contributed by atoms with Gasteiger partial charge in [0.2, 0.25) is 5.91 Å². The number of carbonyl (C=O) groups excluding carboxylic acids is 2. The molecule has 1 atom stereocenters. The number of aryl methyl sites for hydroxylation is 1. The highest BCUT2D eigenvalue weighted by atomic mass is 35.5. The van der Waals surface area contributed by atoms with Crippen LogP contribution in [0, 0.1) is 6.92 Å². The number of nitrogens with zero attached hydrogens (tertiary/aromatic N) is 1. The molecule has 1 aliphatic heterocycles. The minimum absolute atomic E-state index is 0. The van der Waals surface area contributed by atoms with E-state index in [1.54, 1.807) is 29.2 Å². The Hall–Kier alpha value is -1.89. The number of hydrogen-bond donors (Lipinski definition) is 2. The maximum Gasteiger partial charge on any atom is 0.255 e. The van der Waals surface area contributed by atoms with Gasteiger partial charge >= 0.3 is 0 Å². The highest BCUT2D eigenvalue weighted by Crippen LogP contribution is 2.25. The van der Waals surface area contributed by atoms with Crippen molar-refractivity contribution in [2.75, 3.05) is 6.54 Å². The van der Waals surface area contributed by atoms with Crippen LogP contribution in [0.1, 0.15) is 27.9 Å². The number of aromatic hydroxyl groups is 1. The Labute approximate surface area is 174 Å². The summed E-state index contributed by atoms with van der Waals surface area (Å²) in [4.78, 5) is 26.3. The Kier molecular flexibility index (Phi) is 7.03. The molecule has 2 aromatic carbocycles. The molecule has 0 aliphatic carbocycles. The second-order valence-corrected chi connectivity index (χ2v) is 7.23. The van der Waals surface area contributed by atoms with E-state index < -0.39 is 0 Å². The minimum atomic E-state index is -0.389. The number of hydrogen-bond acceptors (Lipinski definition) is 3. The first-order valence-corrected chi connectivity index (χ1v) is 8.91. The fraction of sp³-hybridized carbons (Fsp3) is 0.263. The summed E-state index contributed by atoms with van der Waals surface area (Å²) in [6, 6.07) is 9.77. The summed E-state index contributed by atoms with van der Waals surface area (Å²) < 4.78 is 0. The molecular formula is C19H20Cl2N2O3S. The molecule has 0 saturated carbocycles. The van der Waals surface area contributed by atoms with E-state index in [1.807, 2.05) is 13.0 Å². The monoisotopic (exact) mass is 426 g/mol. The fourth-order valence-electron chi connectivity index (χ4n) is 2.97. The third-order valence-electron chi connectivity index (χ3n) is 4.30. The average molecular weight is 427 g/mol. The average Bonchev–Trinajstić information content (AvgIpc) is 2.92. The normalized spacial score (nSPS) is 16.2. The van der Waals surface area contributed by atoms with E-state index in [-0.39, 0.29) is 49.1 Å². The van der Waals surface area contributed by atoms with E-state index in [0.717, 1.165) is 11.1 Å². The van der Waals surface area contributed by atoms with E-state index in [2.05, 4.69) is 5.32 Å². The standard InChI is InChI=1S/C19H18Cl2N2O3.H2S/c1-11-2-5-17(24)14(6-11)19(26)22-13-8-18(25)23(10-13)9-12-3-4-15(20)16(21)7-12;/h2-7,13,24H,8-10H2,1H3,(H,22,26);1H2/t13-;/m0./s1. The highest BCUT2D eigenvalue weighted by molar-refractivity contribution is 7.59. The molecule has 3 rings (SSSR count). The first-order chi connectivity index (χ1) is 12.3. The van der Waals surface area contributed by atoms with Crippen molar-refractivity contribution in [1.29, 1.82) is 0 Å². The smallest absolute Gasteiger partial charge is 0.255 e. The van der Waals surface area contributed by atoms with E-state index in [4.69, 9.17) is 23.2 Å². The summed E-state index contributed by atoms with van der Waals surface area (Å²) in [5.41, 5.74) is 1.95. The van der Waals surface area contributed by atoms with Gasteiger partial charge in [0.15, 0.2) is 0 Å². The lowest BCUT2D eigenvalue weighted by molar-refractivity contribution is -0.128. The molecule has 1 aliphatic rings. The Balaban J connectivity index is 0.00000261. The van der Waals surface area contributed by atoms with Gasteiger partial charge in [0.1, 0.15) is 5.75 Å². The van der Waals surface area contributed by atoms with Crippen molar-refractivity contribution in [3.8, 4) is 5.75 Å². The van der Waals surface area contributed by atoms with Crippen molar-refractivity contribution in [2.45, 2.75) is 25.9 Å². The van der Waals surface area contributed by atoms with Crippen LogP contribution >= 0.6 is 36.7 Å². The number of carbonyl (C=O) groups is 2. The molecule has 0 bridgehead atoms. The van der Waals surface area contributed by atoms with Gasteiger partial charge in [-0.2, -0.15) is 13.5 Å². The number of likely N-dealkylation sites (tertiary alicyclic amines) is 1. The zero-order valence-electron chi connectivity index (χ0n) is 14.6. The van der Waals surface area contributed by atoms with Gasteiger partial charge in [0.05, 0.1) is 21.7 Å². The maximum absolute atomic E-state index is 12.4. The van der Waals surface area contributed by atoms with Crippen molar-refractivity contribution in [3.63, 3.8) is 0 Å². The minimum Gasteiger partial charge on any atom is -0.507 e. The van der Waals surface area contributed by atoms with E-state index in [1.165, 1.54) is 6.07 Å². The van der Waals surface area contributed by atoms with Gasteiger partial charge < -0.3 is 15.3 Å². The summed E-state index contributed by atoms with van der Waals surface area (Å²) in [7, 11) is 0. The second kappa shape index (κ2) is 8.87. The number of nitrogens with one attached hydrogen (secondary N) is 1. The third-order valence-corrected chi connectivity index (χ3v) is 5.04. The molecular weight excluding hydrogens is 407 g/mol. The summed E-state index contributed by atoms with van der Waals surface area (Å²) >= 11 is 11.9. The van der Waals surface area contributed by atoms with Gasteiger partial charge in [-0.3, -0.25) is 9.59 Å². The van der Waals surface area contributed by atoms with Crippen LogP contribution in [0.15, 0.2) is 36.4 Å². The van der Waals surface area contributed by atoms with Crippen LogP contribution in [0.25, 0.3) is 0 Å². The molecule has 144 valence electrons. The molecule has 2 amide bonds. The molecule has 0 spiro atoms. The summed E-state index contributed by atoms with van der Waals surface area (Å²) in [6.07, 6.45) is 0.222. The van der Waals surface area contributed by atoms with E-state index in [0.29, 0.717) is 23.1 Å². The van der Waals surface area contributed by atoms with Crippen molar-refractivity contribution < 1.29 is 14.7 Å². The summed E-state index contributed by atoms with van der Waals surface area (Å²) in [5, 5.41) is 13.6. The second-order valence-electron chi connectivity index (χ2n) is 6.42. The number of rotatable bonds is 4. The van der Waals surface area contributed by atoms with Gasteiger partial charge in [-0.25, -0.2) is 0 Å². The van der Waals surface area contributed by atoms with E-state index in [9.17, 15) is 14.7 Å². The van der Waals surface area contributed by atoms with E-state index >= 15 is 0 Å². The van der Waals surface area contributed by atoms with Crippen LogP contribution in [0.2, 0.25) is 10.0 Å². The quantitative estimate of drug-likeness (QED) is 0.783. The molecule has 8 heteroatoms. The summed E-state index contributed by atoms with van der Waals surface area (Å²) in [6.45, 7) is 2.64. The zero-order valence-corrected chi connectivity index (χ0v) is 17.1. The SMILES string of the molecule is Cc1ccc(O)c(C(=O)N[C@H]2CC(=O)N(Cc3ccc(Cl)c(Cl)c3)C2)c1.S. The predicted molar refractivity (Wildman–Crippen MR) is 111 cm³/mol. The molecule has 0 unspecified atom stereocenters. The van der Waals surface area contributed by atoms with Gasteiger partial charge in [0.25, 0.3) is 5.91 Å². The van der Waals surface area contributed by atoms with Crippen molar-refractivity contribution in [1.82, 2.24) is 10.2 Å². The first-order valence-electron chi connectivity index (χ1n) is 8.15. The number of amides is 2. The Morgan fingerprint density at radius 3 is 2.67 bits per heavy atom. The lowest BCUT2D eigenvalue weighted by atomic mass is 10.1. The Morgan fingerprint density at radius 1 is 1.22 bits per heavy atom. The van der Waals surface area contributed by atoms with Gasteiger partial charge in [-0.1, -0.05) is 40.9 Å². The molecule has 27 heavy (non-hydrogen) atoms. The molecule has 0 aromatic heterocycles. The Morgan fingerprint density at radius 2 is 1.96 bits per heavy atom. The lowest BCUT2D eigenvalue weighted by Gasteiger charge is -2.18. The molecule has 2 aromatic rings. The Bertz CT molecular complexity index is 876. The van der Waals surface area contributed by atoms with Crippen molar-refractivity contribution in [2.24, 2.45) is 0 Å². The lowest BCUT2D eigenvalue weighted by Crippen LogP contribution is -2.37. The van der Waals surface area contributed by atoms with Gasteiger partial charge in [-0.15, -0.1) is 0 Å². The van der Waals surface area contributed by atoms with Crippen LogP contribution in [0.5, 0.6) is 5.75 Å². The molecule has 5 nitrogen and oxygen atoms in total.